The van der Waals surface area contributed by atoms with Gasteiger partial charge in [0.05, 0.1) is 25.8 Å². The number of carboxylic acid groups (broad SMARTS) is 1. The number of anilines is 1. The summed E-state index contributed by atoms with van der Waals surface area (Å²) in [4.78, 5) is 22.3. The van der Waals surface area contributed by atoms with Gasteiger partial charge in [-0.15, -0.1) is 0 Å². The minimum absolute atomic E-state index is 0.105. The maximum Gasteiger partial charge on any atom is 0.358 e. The first-order valence-electron chi connectivity index (χ1n) is 6.21. The van der Waals surface area contributed by atoms with Crippen LogP contribution in [0.15, 0.2) is 30.5 Å². The van der Waals surface area contributed by atoms with E-state index in [2.05, 4.69) is 9.84 Å². The van der Waals surface area contributed by atoms with E-state index in [0.717, 1.165) is 11.1 Å². The highest BCUT2D eigenvalue weighted by Crippen LogP contribution is 2.15. The molecule has 110 valence electrons. The number of ether oxygens (including phenoxy) is 1. The first kappa shape index (κ1) is 14.6. The van der Waals surface area contributed by atoms with Crippen LogP contribution in [0.5, 0.6) is 0 Å². The molecule has 2 aromatic rings. The Morgan fingerprint density at radius 3 is 2.57 bits per heavy atom. The molecule has 0 atom stereocenters. The molecule has 0 aliphatic heterocycles. The summed E-state index contributed by atoms with van der Waals surface area (Å²) in [7, 11) is 1.33. The first-order chi connectivity index (χ1) is 10.0. The fraction of sp³-hybridized carbons (Fsp3) is 0.214. The van der Waals surface area contributed by atoms with E-state index >= 15 is 0 Å². The van der Waals surface area contributed by atoms with Gasteiger partial charge in [0, 0.05) is 6.20 Å². The molecule has 7 heteroatoms. The predicted octanol–water partition coefficient (Wildman–Crippen LogP) is 0.927. The van der Waals surface area contributed by atoms with E-state index in [1.165, 1.54) is 18.0 Å². The normalized spacial score (nSPS) is 10.3. The van der Waals surface area contributed by atoms with E-state index in [-0.39, 0.29) is 23.8 Å². The van der Waals surface area contributed by atoms with E-state index in [9.17, 15) is 9.59 Å². The molecule has 0 radical (unpaired) electrons. The largest absolute Gasteiger partial charge is 0.476 e. The van der Waals surface area contributed by atoms with Crippen molar-refractivity contribution in [2.24, 2.45) is 0 Å². The van der Waals surface area contributed by atoms with Gasteiger partial charge in [-0.3, -0.25) is 9.48 Å². The SMILES string of the molecule is COC(=O)Cc1ccccc1Cn1cc(N)c(C(=O)O)n1. The number of hydrogen-bond donors (Lipinski definition) is 2. The summed E-state index contributed by atoms with van der Waals surface area (Å²) < 4.78 is 6.09. The lowest BCUT2D eigenvalue weighted by Gasteiger charge is -2.08. The third-order valence-electron chi connectivity index (χ3n) is 3.01. The molecule has 2 rings (SSSR count). The second kappa shape index (κ2) is 6.08. The quantitative estimate of drug-likeness (QED) is 0.793. The van der Waals surface area contributed by atoms with Crippen LogP contribution in [0, 0.1) is 0 Å². The maximum atomic E-state index is 11.4. The molecule has 0 aliphatic rings. The van der Waals surface area contributed by atoms with Gasteiger partial charge >= 0.3 is 11.9 Å². The Labute approximate surface area is 120 Å². The molecule has 0 bridgehead atoms. The molecule has 0 saturated heterocycles. The molecule has 0 spiro atoms. The molecule has 0 amide bonds. The lowest BCUT2D eigenvalue weighted by atomic mass is 10.0. The minimum atomic E-state index is -1.17. The van der Waals surface area contributed by atoms with Crippen molar-refractivity contribution >= 4 is 17.6 Å². The molecule has 7 nitrogen and oxygen atoms in total. The van der Waals surface area contributed by atoms with Crippen LogP contribution in [0.3, 0.4) is 0 Å². The molecule has 0 saturated carbocycles. The average Bonchev–Trinajstić information content (AvgIpc) is 2.82. The summed E-state index contributed by atoms with van der Waals surface area (Å²) in [5.74, 6) is -1.51. The van der Waals surface area contributed by atoms with E-state index in [1.807, 2.05) is 24.3 Å². The van der Waals surface area contributed by atoms with Crippen molar-refractivity contribution in [2.45, 2.75) is 13.0 Å². The van der Waals surface area contributed by atoms with E-state index < -0.39 is 5.97 Å². The number of benzene rings is 1. The molecule has 21 heavy (non-hydrogen) atoms. The van der Waals surface area contributed by atoms with Crippen LogP contribution < -0.4 is 5.73 Å². The van der Waals surface area contributed by atoms with Crippen LogP contribution >= 0.6 is 0 Å². The van der Waals surface area contributed by atoms with Crippen LogP contribution in [-0.2, 0) is 22.5 Å². The van der Waals surface area contributed by atoms with E-state index in [4.69, 9.17) is 10.8 Å². The number of methoxy groups -OCH3 is 1. The Balaban J connectivity index is 2.25. The van der Waals surface area contributed by atoms with Crippen LogP contribution in [0.25, 0.3) is 0 Å². The minimum Gasteiger partial charge on any atom is -0.476 e. The summed E-state index contributed by atoms with van der Waals surface area (Å²) >= 11 is 0. The summed E-state index contributed by atoms with van der Waals surface area (Å²) in [6, 6.07) is 7.32. The van der Waals surface area contributed by atoms with Gasteiger partial charge in [-0.1, -0.05) is 24.3 Å². The summed E-state index contributed by atoms with van der Waals surface area (Å²) in [5, 5.41) is 12.9. The summed E-state index contributed by atoms with van der Waals surface area (Å²) in [6.45, 7) is 0.324. The average molecular weight is 289 g/mol. The van der Waals surface area contributed by atoms with E-state index in [1.54, 1.807) is 0 Å². The molecular formula is C14H15N3O4. The lowest BCUT2D eigenvalue weighted by Crippen LogP contribution is -2.10. The topological polar surface area (TPSA) is 107 Å². The highest BCUT2D eigenvalue weighted by molar-refractivity contribution is 5.91. The van der Waals surface area contributed by atoms with Crippen molar-refractivity contribution < 1.29 is 19.4 Å². The van der Waals surface area contributed by atoms with Crippen molar-refractivity contribution in [3.8, 4) is 0 Å². The Bertz CT molecular complexity index is 679. The number of carbonyl (C=O) groups excluding carboxylic acids is 1. The van der Waals surface area contributed by atoms with Gasteiger partial charge in [-0.05, 0) is 11.1 Å². The van der Waals surface area contributed by atoms with Gasteiger partial charge in [-0.2, -0.15) is 5.10 Å². The maximum absolute atomic E-state index is 11.4. The molecular weight excluding hydrogens is 274 g/mol. The number of nitrogen functional groups attached to an aromatic ring is 1. The fourth-order valence-electron chi connectivity index (χ4n) is 1.97. The summed E-state index contributed by atoms with van der Waals surface area (Å²) in [5.41, 5.74) is 7.17. The lowest BCUT2D eigenvalue weighted by molar-refractivity contribution is -0.139. The number of aromatic nitrogens is 2. The molecule has 1 heterocycles. The van der Waals surface area contributed by atoms with Crippen LogP contribution in [0.4, 0.5) is 5.69 Å². The number of carbonyl (C=O) groups is 2. The first-order valence-corrected chi connectivity index (χ1v) is 6.21. The summed E-state index contributed by atoms with van der Waals surface area (Å²) in [6.07, 6.45) is 1.60. The third kappa shape index (κ3) is 3.38. The highest BCUT2D eigenvalue weighted by atomic mass is 16.5. The molecule has 1 aromatic carbocycles. The van der Waals surface area contributed by atoms with Gasteiger partial charge in [-0.25, -0.2) is 4.79 Å². The number of nitrogens with two attached hydrogens (primary N) is 1. The van der Waals surface area contributed by atoms with Crippen molar-refractivity contribution in [1.82, 2.24) is 9.78 Å². The smallest absolute Gasteiger partial charge is 0.358 e. The number of nitrogens with zero attached hydrogens (tertiary/aromatic N) is 2. The van der Waals surface area contributed by atoms with Gasteiger partial charge in [0.25, 0.3) is 0 Å². The molecule has 0 aliphatic carbocycles. The van der Waals surface area contributed by atoms with Crippen molar-refractivity contribution in [1.29, 1.82) is 0 Å². The van der Waals surface area contributed by atoms with Gasteiger partial charge in [0.1, 0.15) is 0 Å². The van der Waals surface area contributed by atoms with Gasteiger partial charge in [0.2, 0.25) is 0 Å². The van der Waals surface area contributed by atoms with Gasteiger partial charge < -0.3 is 15.6 Å². The fourth-order valence-corrected chi connectivity index (χ4v) is 1.97. The van der Waals surface area contributed by atoms with Crippen molar-refractivity contribution in [2.75, 3.05) is 12.8 Å². The van der Waals surface area contributed by atoms with E-state index in [0.29, 0.717) is 6.54 Å². The number of aromatic carboxylic acids is 1. The second-order valence-corrected chi connectivity index (χ2v) is 4.46. The van der Waals surface area contributed by atoms with Crippen molar-refractivity contribution in [3.05, 3.63) is 47.3 Å². The molecule has 0 unspecified atom stereocenters. The molecule has 3 N–H and O–H groups in total. The van der Waals surface area contributed by atoms with Crippen LogP contribution in [-0.4, -0.2) is 33.9 Å². The monoisotopic (exact) mass is 289 g/mol. The standard InChI is InChI=1S/C14H15N3O4/c1-21-12(18)6-9-4-2-3-5-10(9)7-17-8-11(15)13(16-17)14(19)20/h2-5,8H,6-7,15H2,1H3,(H,19,20). The third-order valence-corrected chi connectivity index (χ3v) is 3.01. The van der Waals surface area contributed by atoms with Crippen LogP contribution in [0.2, 0.25) is 0 Å². The van der Waals surface area contributed by atoms with Crippen molar-refractivity contribution in [3.63, 3.8) is 0 Å². The Hall–Kier alpha value is -2.83. The zero-order valence-electron chi connectivity index (χ0n) is 11.4. The molecule has 0 fully saturated rings. The molecule has 1 aromatic heterocycles. The predicted molar refractivity (Wildman–Crippen MR) is 74.9 cm³/mol. The number of esters is 1. The zero-order chi connectivity index (χ0) is 15.4. The number of rotatable bonds is 5. The number of carboxylic acids is 1. The number of hydrogen-bond acceptors (Lipinski definition) is 5. The van der Waals surface area contributed by atoms with Gasteiger partial charge in [0.15, 0.2) is 5.69 Å². The Kier molecular flexibility index (Phi) is 4.22. The second-order valence-electron chi connectivity index (χ2n) is 4.46. The Morgan fingerprint density at radius 1 is 1.33 bits per heavy atom. The highest BCUT2D eigenvalue weighted by Gasteiger charge is 2.14. The van der Waals surface area contributed by atoms with Crippen LogP contribution in [0.1, 0.15) is 21.6 Å². The Morgan fingerprint density at radius 2 is 2.00 bits per heavy atom. The zero-order valence-corrected chi connectivity index (χ0v) is 11.4.